The molecule has 0 bridgehead atoms. The van der Waals surface area contributed by atoms with E-state index < -0.39 is 23.0 Å². The lowest BCUT2D eigenvalue weighted by Crippen LogP contribution is -2.35. The highest BCUT2D eigenvalue weighted by molar-refractivity contribution is 5.77. The van der Waals surface area contributed by atoms with Gasteiger partial charge in [0.25, 0.3) is 0 Å². The average Bonchev–Trinajstić information content (AvgIpc) is 2.83. The van der Waals surface area contributed by atoms with E-state index >= 15 is 0 Å². The van der Waals surface area contributed by atoms with Gasteiger partial charge in [-0.2, -0.15) is 5.26 Å². The Balaban J connectivity index is 2.34. The van der Waals surface area contributed by atoms with Gasteiger partial charge in [-0.05, 0) is 25.0 Å². The second-order valence-corrected chi connectivity index (χ2v) is 5.41. The van der Waals surface area contributed by atoms with Crippen LogP contribution < -0.4 is 4.90 Å². The summed E-state index contributed by atoms with van der Waals surface area (Å²) in [7, 11) is 0. The molecule has 0 aromatic heterocycles. The molecule has 1 aliphatic heterocycles. The van der Waals surface area contributed by atoms with Crippen LogP contribution in [0, 0.1) is 28.4 Å². The fraction of sp³-hybridized carbons (Fsp3) is 0.467. The van der Waals surface area contributed by atoms with Gasteiger partial charge in [-0.3, -0.25) is 4.79 Å². The van der Waals surface area contributed by atoms with Crippen LogP contribution in [0.4, 0.5) is 14.5 Å². The van der Waals surface area contributed by atoms with Crippen molar-refractivity contribution in [3.8, 4) is 6.07 Å². The van der Waals surface area contributed by atoms with E-state index in [0.717, 1.165) is 12.1 Å². The summed E-state index contributed by atoms with van der Waals surface area (Å²) in [5.74, 6) is -2.59. The van der Waals surface area contributed by atoms with Crippen molar-refractivity contribution in [2.45, 2.75) is 26.2 Å². The van der Waals surface area contributed by atoms with Gasteiger partial charge in [0.1, 0.15) is 5.69 Å². The quantitative estimate of drug-likeness (QED) is 0.927. The summed E-state index contributed by atoms with van der Waals surface area (Å²) in [4.78, 5) is 12.9. The van der Waals surface area contributed by atoms with Crippen molar-refractivity contribution in [2.75, 3.05) is 18.0 Å². The Bertz CT molecular complexity index is 589. The van der Waals surface area contributed by atoms with E-state index in [1.54, 1.807) is 6.07 Å². The van der Waals surface area contributed by atoms with Crippen LogP contribution in [0.1, 0.15) is 31.7 Å². The Labute approximate surface area is 121 Å². The van der Waals surface area contributed by atoms with E-state index in [4.69, 9.17) is 5.26 Å². The molecule has 1 heterocycles. The summed E-state index contributed by atoms with van der Waals surface area (Å²) in [6, 6.07) is 3.63. The molecule has 1 aromatic rings. The zero-order valence-electron chi connectivity index (χ0n) is 11.7. The first kappa shape index (κ1) is 15.2. The molecule has 1 atom stereocenters. The molecule has 112 valence electrons. The summed E-state index contributed by atoms with van der Waals surface area (Å²) < 4.78 is 28.0. The van der Waals surface area contributed by atoms with E-state index in [9.17, 15) is 18.7 Å². The van der Waals surface area contributed by atoms with Gasteiger partial charge < -0.3 is 10.0 Å². The molecule has 1 aliphatic rings. The summed E-state index contributed by atoms with van der Waals surface area (Å²) in [5, 5.41) is 18.1. The lowest BCUT2D eigenvalue weighted by molar-refractivity contribution is -0.148. The van der Waals surface area contributed by atoms with Gasteiger partial charge in [-0.1, -0.05) is 13.3 Å². The van der Waals surface area contributed by atoms with E-state index in [-0.39, 0.29) is 24.3 Å². The number of hydrogen-bond donors (Lipinski definition) is 1. The van der Waals surface area contributed by atoms with Crippen molar-refractivity contribution in [3.63, 3.8) is 0 Å². The van der Waals surface area contributed by atoms with Gasteiger partial charge in [0.2, 0.25) is 0 Å². The van der Waals surface area contributed by atoms with E-state index in [2.05, 4.69) is 0 Å². The van der Waals surface area contributed by atoms with Crippen molar-refractivity contribution < 1.29 is 18.7 Å². The minimum atomic E-state index is -0.957. The molecule has 1 aromatic carbocycles. The Morgan fingerprint density at radius 2 is 2.10 bits per heavy atom. The van der Waals surface area contributed by atoms with Crippen LogP contribution in [0.3, 0.4) is 0 Å². The molecule has 1 N–H and O–H groups in total. The Kier molecular flexibility index (Phi) is 4.12. The Morgan fingerprint density at radius 1 is 1.48 bits per heavy atom. The molecule has 0 saturated carbocycles. The van der Waals surface area contributed by atoms with Crippen LogP contribution in [-0.4, -0.2) is 24.2 Å². The molecular weight excluding hydrogens is 278 g/mol. The van der Waals surface area contributed by atoms with Crippen LogP contribution in [-0.2, 0) is 4.79 Å². The minimum absolute atomic E-state index is 0.0793. The molecule has 1 unspecified atom stereocenters. The van der Waals surface area contributed by atoms with Gasteiger partial charge in [0, 0.05) is 13.1 Å². The first-order chi connectivity index (χ1) is 9.93. The van der Waals surface area contributed by atoms with Crippen molar-refractivity contribution in [2.24, 2.45) is 5.41 Å². The molecular formula is C15H16F2N2O2. The third-order valence-corrected chi connectivity index (χ3v) is 4.00. The second-order valence-electron chi connectivity index (χ2n) is 5.41. The molecule has 6 heteroatoms. The van der Waals surface area contributed by atoms with Crippen LogP contribution in [0.2, 0.25) is 0 Å². The SMILES string of the molecule is CCCC1(C(=O)O)CCN(c2c(F)cc(C#N)cc2F)C1. The van der Waals surface area contributed by atoms with Crippen molar-refractivity contribution in [3.05, 3.63) is 29.3 Å². The third-order valence-electron chi connectivity index (χ3n) is 4.00. The number of carboxylic acids is 1. The van der Waals surface area contributed by atoms with Crippen LogP contribution in [0.25, 0.3) is 0 Å². The molecule has 0 radical (unpaired) electrons. The lowest BCUT2D eigenvalue weighted by atomic mass is 9.83. The number of rotatable bonds is 4. The number of nitrogens with zero attached hydrogens (tertiary/aromatic N) is 2. The summed E-state index contributed by atoms with van der Waals surface area (Å²) in [6.45, 7) is 2.25. The maximum atomic E-state index is 14.0. The monoisotopic (exact) mass is 294 g/mol. The first-order valence-corrected chi connectivity index (χ1v) is 6.81. The van der Waals surface area contributed by atoms with Gasteiger partial charge >= 0.3 is 5.97 Å². The largest absolute Gasteiger partial charge is 0.481 e. The minimum Gasteiger partial charge on any atom is -0.481 e. The highest BCUT2D eigenvalue weighted by Gasteiger charge is 2.45. The van der Waals surface area contributed by atoms with Gasteiger partial charge in [0.05, 0.1) is 17.0 Å². The highest BCUT2D eigenvalue weighted by atomic mass is 19.1. The highest BCUT2D eigenvalue weighted by Crippen LogP contribution is 2.39. The number of benzene rings is 1. The van der Waals surface area contributed by atoms with Gasteiger partial charge in [-0.25, -0.2) is 8.78 Å². The number of aliphatic carboxylic acids is 1. The van der Waals surface area contributed by atoms with Gasteiger partial charge in [0.15, 0.2) is 11.6 Å². The predicted molar refractivity (Wildman–Crippen MR) is 72.9 cm³/mol. The van der Waals surface area contributed by atoms with Crippen molar-refractivity contribution >= 4 is 11.7 Å². The van der Waals surface area contributed by atoms with Gasteiger partial charge in [-0.15, -0.1) is 0 Å². The topological polar surface area (TPSA) is 64.3 Å². The maximum Gasteiger partial charge on any atom is 0.311 e. The smallest absolute Gasteiger partial charge is 0.311 e. The van der Waals surface area contributed by atoms with E-state index in [0.29, 0.717) is 19.3 Å². The molecule has 0 aliphatic carbocycles. The maximum absolute atomic E-state index is 14.0. The molecule has 1 saturated heterocycles. The van der Waals surface area contributed by atoms with Crippen molar-refractivity contribution in [1.29, 1.82) is 5.26 Å². The molecule has 0 spiro atoms. The zero-order valence-corrected chi connectivity index (χ0v) is 11.7. The average molecular weight is 294 g/mol. The number of hydrogen-bond acceptors (Lipinski definition) is 3. The number of halogens is 2. The number of carbonyl (C=O) groups is 1. The number of nitriles is 1. The van der Waals surface area contributed by atoms with Crippen LogP contribution in [0.15, 0.2) is 12.1 Å². The van der Waals surface area contributed by atoms with E-state index in [1.165, 1.54) is 4.90 Å². The lowest BCUT2D eigenvalue weighted by Gasteiger charge is -2.25. The number of carboxylic acid groups (broad SMARTS) is 1. The second kappa shape index (κ2) is 5.68. The van der Waals surface area contributed by atoms with Crippen molar-refractivity contribution in [1.82, 2.24) is 0 Å². The Morgan fingerprint density at radius 3 is 2.57 bits per heavy atom. The molecule has 2 rings (SSSR count). The third kappa shape index (κ3) is 2.68. The summed E-state index contributed by atoms with van der Waals surface area (Å²) >= 11 is 0. The molecule has 4 nitrogen and oxygen atoms in total. The molecule has 0 amide bonds. The first-order valence-electron chi connectivity index (χ1n) is 6.81. The normalized spacial score (nSPS) is 21.3. The van der Waals surface area contributed by atoms with Crippen LogP contribution >= 0.6 is 0 Å². The Hall–Kier alpha value is -2.16. The van der Waals surface area contributed by atoms with Crippen LogP contribution in [0.5, 0.6) is 0 Å². The summed E-state index contributed by atoms with van der Waals surface area (Å²) in [6.07, 6.45) is 1.52. The fourth-order valence-corrected chi connectivity index (χ4v) is 2.96. The number of anilines is 1. The summed E-state index contributed by atoms with van der Waals surface area (Å²) in [5.41, 5.74) is -1.29. The molecule has 21 heavy (non-hydrogen) atoms. The predicted octanol–water partition coefficient (Wildman–Crippen LogP) is 2.92. The van der Waals surface area contributed by atoms with E-state index in [1.807, 2.05) is 6.92 Å². The fourth-order valence-electron chi connectivity index (χ4n) is 2.96. The molecule has 1 fully saturated rings. The zero-order chi connectivity index (χ0) is 15.6. The standard InChI is InChI=1S/C15H16F2N2O2/c1-2-3-15(14(20)21)4-5-19(9-15)13-11(16)6-10(8-18)7-12(13)17/h6-7H,2-5,9H2,1H3,(H,20,21).